The van der Waals surface area contributed by atoms with Gasteiger partial charge in [0.15, 0.2) is 0 Å². The lowest BCUT2D eigenvalue weighted by Gasteiger charge is -2.61. The minimum Gasteiger partial charge on any atom is -0.330 e. The Morgan fingerprint density at radius 2 is 2.00 bits per heavy atom. The van der Waals surface area contributed by atoms with Crippen LogP contribution in [-0.2, 0) is 6.42 Å². The molecule has 4 aliphatic carbocycles. The van der Waals surface area contributed by atoms with Crippen molar-refractivity contribution in [2.75, 3.05) is 6.54 Å². The van der Waals surface area contributed by atoms with Gasteiger partial charge >= 0.3 is 0 Å². The maximum absolute atomic E-state index is 6.11. The van der Waals surface area contributed by atoms with Crippen molar-refractivity contribution in [1.82, 2.24) is 20.6 Å². The largest absolute Gasteiger partial charge is 0.330 e. The number of tetrazole rings is 1. The lowest BCUT2D eigenvalue weighted by molar-refractivity contribution is -0.106. The molecule has 18 heavy (non-hydrogen) atoms. The van der Waals surface area contributed by atoms with E-state index in [9.17, 15) is 0 Å². The summed E-state index contributed by atoms with van der Waals surface area (Å²) in [6.45, 7) is 0.839. The van der Waals surface area contributed by atoms with E-state index in [2.05, 4.69) is 20.6 Å². The first-order chi connectivity index (χ1) is 8.79. The lowest BCUT2D eigenvalue weighted by Crippen LogP contribution is -2.55. The van der Waals surface area contributed by atoms with Gasteiger partial charge in [-0.1, -0.05) is 0 Å². The van der Waals surface area contributed by atoms with Crippen LogP contribution in [0.2, 0.25) is 0 Å². The molecule has 3 atom stereocenters. The fraction of sp³-hybridized carbons (Fsp3) is 0.923. The van der Waals surface area contributed by atoms with Crippen molar-refractivity contribution in [2.24, 2.45) is 34.8 Å². The average molecular weight is 247 g/mol. The molecule has 0 saturated heterocycles. The van der Waals surface area contributed by atoms with Crippen molar-refractivity contribution in [2.45, 2.75) is 38.5 Å². The van der Waals surface area contributed by atoms with Gasteiger partial charge in [0, 0.05) is 6.42 Å². The van der Waals surface area contributed by atoms with Crippen molar-refractivity contribution < 1.29 is 0 Å². The Morgan fingerprint density at radius 1 is 1.22 bits per heavy atom. The second-order valence-electron chi connectivity index (χ2n) is 6.84. The molecule has 5 rings (SSSR count). The summed E-state index contributed by atoms with van der Waals surface area (Å²) in [5, 5.41) is 14.5. The van der Waals surface area contributed by atoms with Crippen molar-refractivity contribution in [3.63, 3.8) is 0 Å². The number of aromatic nitrogens is 4. The Bertz CT molecular complexity index is 415. The molecule has 3 unspecified atom stereocenters. The van der Waals surface area contributed by atoms with Gasteiger partial charge in [0.2, 0.25) is 0 Å². The van der Waals surface area contributed by atoms with Gasteiger partial charge in [-0.2, -0.15) is 0 Å². The Hall–Kier alpha value is -0.970. The topological polar surface area (TPSA) is 80.5 Å². The first kappa shape index (κ1) is 10.9. The second-order valence-corrected chi connectivity index (χ2v) is 6.84. The number of nitrogens with two attached hydrogens (primary N) is 1. The fourth-order valence-corrected chi connectivity index (χ4v) is 5.62. The van der Waals surface area contributed by atoms with Crippen molar-refractivity contribution in [3.8, 4) is 0 Å². The molecule has 4 bridgehead atoms. The van der Waals surface area contributed by atoms with Crippen LogP contribution >= 0.6 is 0 Å². The van der Waals surface area contributed by atoms with Crippen LogP contribution in [0.25, 0.3) is 0 Å². The molecular weight excluding hydrogens is 226 g/mol. The first-order valence-corrected chi connectivity index (χ1v) is 7.22. The summed E-state index contributed by atoms with van der Waals surface area (Å²) in [4.78, 5) is 0. The number of H-pyrrole nitrogens is 1. The molecule has 0 radical (unpaired) electrons. The zero-order chi connectivity index (χ0) is 12.2. The molecule has 5 heteroatoms. The van der Waals surface area contributed by atoms with Crippen LogP contribution in [0.4, 0.5) is 0 Å². The Kier molecular flexibility index (Phi) is 2.28. The number of hydrogen-bond acceptors (Lipinski definition) is 4. The minimum absolute atomic E-state index is 0.394. The molecule has 98 valence electrons. The van der Waals surface area contributed by atoms with E-state index >= 15 is 0 Å². The molecule has 0 aliphatic heterocycles. The first-order valence-electron chi connectivity index (χ1n) is 7.22. The highest BCUT2D eigenvalue weighted by Gasteiger charge is 2.56. The molecule has 4 aliphatic rings. The van der Waals surface area contributed by atoms with E-state index in [1.807, 2.05) is 0 Å². The van der Waals surface area contributed by atoms with Gasteiger partial charge in [-0.15, -0.1) is 5.10 Å². The van der Waals surface area contributed by atoms with Crippen LogP contribution in [0.15, 0.2) is 0 Å². The molecule has 3 N–H and O–H groups in total. The van der Waals surface area contributed by atoms with Crippen LogP contribution in [-0.4, -0.2) is 27.2 Å². The molecule has 1 heterocycles. The van der Waals surface area contributed by atoms with Crippen molar-refractivity contribution in [3.05, 3.63) is 5.82 Å². The van der Waals surface area contributed by atoms with E-state index in [1.54, 1.807) is 0 Å². The number of hydrogen-bond donors (Lipinski definition) is 2. The van der Waals surface area contributed by atoms with Crippen LogP contribution in [0.3, 0.4) is 0 Å². The highest BCUT2D eigenvalue weighted by molar-refractivity contribution is 5.08. The summed E-state index contributed by atoms with van der Waals surface area (Å²) < 4.78 is 0. The Morgan fingerprint density at radius 3 is 2.61 bits per heavy atom. The number of nitrogens with zero attached hydrogens (tertiary/aromatic N) is 3. The SMILES string of the molecule is NCC1C2CC3CC(C2)CC1(Cc1nnn[nH]1)C3. The van der Waals surface area contributed by atoms with Crippen molar-refractivity contribution in [1.29, 1.82) is 0 Å². The smallest absolute Gasteiger partial charge is 0.149 e. The predicted octanol–water partition coefficient (Wildman–Crippen LogP) is 1.14. The second kappa shape index (κ2) is 3.76. The molecule has 1 aromatic heterocycles. The minimum atomic E-state index is 0.394. The summed E-state index contributed by atoms with van der Waals surface area (Å²) in [6.07, 6.45) is 8.02. The van der Waals surface area contributed by atoms with E-state index in [0.717, 1.165) is 36.5 Å². The van der Waals surface area contributed by atoms with E-state index in [4.69, 9.17) is 5.73 Å². The summed E-state index contributed by atoms with van der Waals surface area (Å²) in [5.74, 6) is 4.41. The van der Waals surface area contributed by atoms with E-state index < -0.39 is 0 Å². The predicted molar refractivity (Wildman–Crippen MR) is 66.4 cm³/mol. The third kappa shape index (κ3) is 1.46. The molecule has 0 spiro atoms. The average Bonchev–Trinajstić information content (AvgIpc) is 2.80. The highest BCUT2D eigenvalue weighted by Crippen LogP contribution is 2.63. The normalized spacial score (nSPS) is 45.6. The zero-order valence-corrected chi connectivity index (χ0v) is 10.7. The van der Waals surface area contributed by atoms with E-state index in [-0.39, 0.29) is 0 Å². The summed E-state index contributed by atoms with van der Waals surface area (Å²) >= 11 is 0. The maximum atomic E-state index is 6.11. The maximum Gasteiger partial charge on any atom is 0.149 e. The molecule has 4 fully saturated rings. The summed E-state index contributed by atoms with van der Waals surface area (Å²) in [6, 6.07) is 0. The zero-order valence-electron chi connectivity index (χ0n) is 10.7. The van der Waals surface area contributed by atoms with Crippen LogP contribution < -0.4 is 5.73 Å². The van der Waals surface area contributed by atoms with Crippen LogP contribution in [0, 0.1) is 29.1 Å². The third-order valence-electron chi connectivity index (χ3n) is 5.85. The van der Waals surface area contributed by atoms with Gasteiger partial charge < -0.3 is 5.73 Å². The highest BCUT2D eigenvalue weighted by atomic mass is 15.5. The van der Waals surface area contributed by atoms with Gasteiger partial charge in [-0.3, -0.25) is 0 Å². The molecule has 5 nitrogen and oxygen atoms in total. The number of aromatic amines is 1. The van der Waals surface area contributed by atoms with Crippen LogP contribution in [0.5, 0.6) is 0 Å². The number of rotatable bonds is 3. The van der Waals surface area contributed by atoms with Gasteiger partial charge in [-0.05, 0) is 78.2 Å². The Balaban J connectivity index is 1.68. The third-order valence-corrected chi connectivity index (χ3v) is 5.85. The van der Waals surface area contributed by atoms with Gasteiger partial charge in [0.25, 0.3) is 0 Å². The quantitative estimate of drug-likeness (QED) is 0.839. The van der Waals surface area contributed by atoms with Crippen LogP contribution in [0.1, 0.15) is 37.9 Å². The summed E-state index contributed by atoms with van der Waals surface area (Å²) in [7, 11) is 0. The molecule has 4 saturated carbocycles. The van der Waals surface area contributed by atoms with E-state index in [1.165, 1.54) is 32.1 Å². The molecular formula is C13H21N5. The monoisotopic (exact) mass is 247 g/mol. The standard InChI is InChI=1S/C13H21N5/c14-7-11-10-2-8-1-9(3-10)5-13(11,4-8)6-12-15-17-18-16-12/h8-11H,1-7,14H2,(H,15,16,17,18). The van der Waals surface area contributed by atoms with Gasteiger partial charge in [0.1, 0.15) is 5.82 Å². The Labute approximate surface area is 107 Å². The molecule has 1 aromatic rings. The molecule has 0 aromatic carbocycles. The fourth-order valence-electron chi connectivity index (χ4n) is 5.62. The van der Waals surface area contributed by atoms with Crippen molar-refractivity contribution >= 4 is 0 Å². The van der Waals surface area contributed by atoms with E-state index in [0.29, 0.717) is 11.3 Å². The molecule has 0 amide bonds. The van der Waals surface area contributed by atoms with Gasteiger partial charge in [-0.25, -0.2) is 5.10 Å². The van der Waals surface area contributed by atoms with Gasteiger partial charge in [0.05, 0.1) is 0 Å². The summed E-state index contributed by atoms with van der Waals surface area (Å²) in [5.41, 5.74) is 6.50. The number of nitrogens with one attached hydrogen (secondary N) is 1. The lowest BCUT2D eigenvalue weighted by atomic mass is 9.44.